The van der Waals surface area contributed by atoms with Crippen LogP contribution in [0.4, 0.5) is 0 Å². The second-order valence-corrected chi connectivity index (χ2v) is 5.18. The van der Waals surface area contributed by atoms with Gasteiger partial charge in [-0.05, 0) is 36.2 Å². The highest BCUT2D eigenvalue weighted by Gasteiger charge is 2.19. The average Bonchev–Trinajstić information content (AvgIpc) is 2.56. The first-order chi connectivity index (χ1) is 10.4. The van der Waals surface area contributed by atoms with Crippen LogP contribution >= 0.6 is 0 Å². The van der Waals surface area contributed by atoms with Crippen molar-refractivity contribution in [2.45, 2.75) is 19.8 Å². The molecular formula is C20H19O+. The minimum Gasteiger partial charge on any atom is -0.207 e. The summed E-state index contributed by atoms with van der Waals surface area (Å²) in [4.78, 5) is 0. The molecule has 1 heterocycles. The van der Waals surface area contributed by atoms with E-state index in [1.54, 1.807) is 0 Å². The molecule has 1 nitrogen and oxygen atoms in total. The van der Waals surface area contributed by atoms with Crippen LogP contribution in [0.5, 0.6) is 0 Å². The van der Waals surface area contributed by atoms with E-state index in [2.05, 4.69) is 43.3 Å². The van der Waals surface area contributed by atoms with Gasteiger partial charge in [-0.1, -0.05) is 49.7 Å². The van der Waals surface area contributed by atoms with Gasteiger partial charge in [0.25, 0.3) is 0 Å². The van der Waals surface area contributed by atoms with Crippen molar-refractivity contribution in [3.05, 3.63) is 78.4 Å². The Balaban J connectivity index is 2.11. The molecule has 0 saturated heterocycles. The van der Waals surface area contributed by atoms with Gasteiger partial charge in [-0.2, -0.15) is 0 Å². The van der Waals surface area contributed by atoms with E-state index < -0.39 is 0 Å². The van der Waals surface area contributed by atoms with Crippen LogP contribution in [0.3, 0.4) is 0 Å². The minimum atomic E-state index is 0.931. The highest BCUT2D eigenvalue weighted by atomic mass is 16.3. The quantitative estimate of drug-likeness (QED) is 0.544. The van der Waals surface area contributed by atoms with Crippen molar-refractivity contribution in [3.8, 4) is 22.6 Å². The highest BCUT2D eigenvalue weighted by Crippen LogP contribution is 2.28. The first-order valence-corrected chi connectivity index (χ1v) is 7.44. The Morgan fingerprint density at radius 3 is 1.62 bits per heavy atom. The predicted octanol–water partition coefficient (Wildman–Crippen LogP) is 5.85. The molecule has 0 aliphatic heterocycles. The molecule has 0 bridgehead atoms. The van der Waals surface area contributed by atoms with Crippen LogP contribution in [0.2, 0.25) is 0 Å². The van der Waals surface area contributed by atoms with Crippen LogP contribution in [0.25, 0.3) is 22.6 Å². The van der Waals surface area contributed by atoms with Gasteiger partial charge in [0.05, 0.1) is 11.1 Å². The summed E-state index contributed by atoms with van der Waals surface area (Å²) < 4.78 is 6.14. The molecule has 0 saturated carbocycles. The molecule has 3 rings (SSSR count). The Morgan fingerprint density at radius 1 is 0.714 bits per heavy atom. The molecule has 2 aromatic carbocycles. The van der Waals surface area contributed by atoms with Crippen molar-refractivity contribution in [2.75, 3.05) is 0 Å². The van der Waals surface area contributed by atoms with Crippen LogP contribution in [0.1, 0.15) is 18.9 Å². The summed E-state index contributed by atoms with van der Waals surface area (Å²) in [5.41, 5.74) is 3.56. The number of hydrogen-bond acceptors (Lipinski definition) is 0. The monoisotopic (exact) mass is 275 g/mol. The fourth-order valence-corrected chi connectivity index (χ4v) is 2.48. The van der Waals surface area contributed by atoms with Gasteiger partial charge in [0.15, 0.2) is 0 Å². The second-order valence-electron chi connectivity index (χ2n) is 5.18. The lowest BCUT2D eigenvalue weighted by atomic mass is 10.0. The molecule has 0 amide bonds. The minimum absolute atomic E-state index is 0.931. The van der Waals surface area contributed by atoms with Crippen LogP contribution in [0.15, 0.2) is 77.2 Å². The third kappa shape index (κ3) is 3.19. The van der Waals surface area contributed by atoms with Gasteiger partial charge in [0.1, 0.15) is 0 Å². The van der Waals surface area contributed by atoms with E-state index in [4.69, 9.17) is 4.42 Å². The maximum Gasteiger partial charge on any atom is 0.361 e. The zero-order valence-corrected chi connectivity index (χ0v) is 12.3. The van der Waals surface area contributed by atoms with Crippen LogP contribution in [-0.2, 0) is 6.42 Å². The molecule has 0 aliphatic carbocycles. The van der Waals surface area contributed by atoms with Gasteiger partial charge >= 0.3 is 11.5 Å². The number of hydrogen-bond donors (Lipinski definition) is 0. The van der Waals surface area contributed by atoms with Crippen molar-refractivity contribution < 1.29 is 4.42 Å². The maximum atomic E-state index is 6.14. The lowest BCUT2D eigenvalue weighted by Crippen LogP contribution is -1.88. The van der Waals surface area contributed by atoms with E-state index in [1.807, 2.05) is 36.4 Å². The fourth-order valence-electron chi connectivity index (χ4n) is 2.48. The predicted molar refractivity (Wildman–Crippen MR) is 88.0 cm³/mol. The van der Waals surface area contributed by atoms with Gasteiger partial charge in [-0.15, -0.1) is 0 Å². The largest absolute Gasteiger partial charge is 0.361 e. The van der Waals surface area contributed by atoms with Gasteiger partial charge in [0, 0.05) is 12.1 Å². The molecule has 0 fully saturated rings. The SMILES string of the molecule is CCCc1cc(-c2ccccc2)[o+]c(-c2ccccc2)c1. The summed E-state index contributed by atoms with van der Waals surface area (Å²) in [5.74, 6) is 1.86. The molecule has 0 atom stereocenters. The van der Waals surface area contributed by atoms with Crippen molar-refractivity contribution >= 4 is 0 Å². The molecule has 3 aromatic rings. The lowest BCUT2D eigenvalue weighted by molar-refractivity contribution is 0.579. The Hall–Kier alpha value is -2.41. The number of rotatable bonds is 4. The molecule has 21 heavy (non-hydrogen) atoms. The summed E-state index contributed by atoms with van der Waals surface area (Å²) in [5, 5.41) is 0. The van der Waals surface area contributed by atoms with Crippen LogP contribution in [0, 0.1) is 0 Å². The molecule has 0 N–H and O–H groups in total. The van der Waals surface area contributed by atoms with Crippen LogP contribution < -0.4 is 0 Å². The van der Waals surface area contributed by atoms with E-state index in [9.17, 15) is 0 Å². The lowest BCUT2D eigenvalue weighted by Gasteiger charge is -2.00. The summed E-state index contributed by atoms with van der Waals surface area (Å²) >= 11 is 0. The summed E-state index contributed by atoms with van der Waals surface area (Å²) in [6, 6.07) is 24.9. The van der Waals surface area contributed by atoms with Crippen molar-refractivity contribution in [2.24, 2.45) is 0 Å². The Kier molecular flexibility index (Phi) is 4.11. The molecular weight excluding hydrogens is 256 g/mol. The molecule has 0 spiro atoms. The topological polar surface area (TPSA) is 11.3 Å². The highest BCUT2D eigenvalue weighted by molar-refractivity contribution is 5.64. The third-order valence-electron chi connectivity index (χ3n) is 3.51. The normalized spacial score (nSPS) is 10.5. The number of benzene rings is 2. The molecule has 0 radical (unpaired) electrons. The smallest absolute Gasteiger partial charge is 0.207 e. The Morgan fingerprint density at radius 2 is 1.19 bits per heavy atom. The van der Waals surface area contributed by atoms with Crippen molar-refractivity contribution in [1.82, 2.24) is 0 Å². The van der Waals surface area contributed by atoms with Crippen molar-refractivity contribution in [1.29, 1.82) is 0 Å². The average molecular weight is 275 g/mol. The van der Waals surface area contributed by atoms with Gasteiger partial charge < -0.3 is 0 Å². The van der Waals surface area contributed by atoms with E-state index in [0.29, 0.717) is 0 Å². The van der Waals surface area contributed by atoms with E-state index in [0.717, 1.165) is 35.5 Å². The zero-order valence-electron chi connectivity index (χ0n) is 12.3. The molecule has 1 aromatic heterocycles. The van der Waals surface area contributed by atoms with Gasteiger partial charge in [-0.25, -0.2) is 4.42 Å². The van der Waals surface area contributed by atoms with E-state index >= 15 is 0 Å². The summed E-state index contributed by atoms with van der Waals surface area (Å²) in [7, 11) is 0. The Bertz CT molecular complexity index is 645. The molecule has 0 unspecified atom stereocenters. The second kappa shape index (κ2) is 6.36. The maximum absolute atomic E-state index is 6.14. The third-order valence-corrected chi connectivity index (χ3v) is 3.51. The van der Waals surface area contributed by atoms with Crippen molar-refractivity contribution in [3.63, 3.8) is 0 Å². The molecule has 0 aliphatic rings. The zero-order chi connectivity index (χ0) is 14.5. The molecule has 1 heteroatoms. The van der Waals surface area contributed by atoms with E-state index in [1.165, 1.54) is 5.56 Å². The summed E-state index contributed by atoms with van der Waals surface area (Å²) in [6.07, 6.45) is 2.20. The van der Waals surface area contributed by atoms with Crippen LogP contribution in [-0.4, -0.2) is 0 Å². The molecule has 104 valence electrons. The first kappa shape index (κ1) is 13.6. The van der Waals surface area contributed by atoms with Gasteiger partial charge in [0.2, 0.25) is 0 Å². The van der Waals surface area contributed by atoms with E-state index in [-0.39, 0.29) is 0 Å². The first-order valence-electron chi connectivity index (χ1n) is 7.44. The van der Waals surface area contributed by atoms with Gasteiger partial charge in [-0.3, -0.25) is 0 Å². The summed E-state index contributed by atoms with van der Waals surface area (Å²) in [6.45, 7) is 2.20. The standard InChI is InChI=1S/C20H19O/c1-2-9-16-14-19(17-10-5-3-6-11-17)21-20(15-16)18-12-7-4-8-13-18/h3-8,10-15H,2,9H2,1H3/q+1. The number of aryl methyl sites for hydroxylation is 1. The Labute approximate surface area is 125 Å². The fraction of sp³-hybridized carbons (Fsp3) is 0.150.